The number of nitrogens with zero attached hydrogens (tertiary/aromatic N) is 3. The lowest BCUT2D eigenvalue weighted by Crippen LogP contribution is -2.52. The number of rotatable bonds is 2. The molecule has 1 unspecified atom stereocenters. The van der Waals surface area contributed by atoms with Gasteiger partial charge in [-0.2, -0.15) is 0 Å². The van der Waals surface area contributed by atoms with E-state index < -0.39 is 0 Å². The molecule has 1 aromatic rings. The van der Waals surface area contributed by atoms with E-state index in [4.69, 9.17) is 11.6 Å². The second-order valence-corrected chi connectivity index (χ2v) is 6.10. The summed E-state index contributed by atoms with van der Waals surface area (Å²) in [5.74, 6) is 0.241. The number of amides is 1. The average Bonchev–Trinajstić information content (AvgIpc) is 3.07. The van der Waals surface area contributed by atoms with Crippen LogP contribution in [0.3, 0.4) is 0 Å². The van der Waals surface area contributed by atoms with Crippen LogP contribution < -0.4 is 10.2 Å². The lowest BCUT2D eigenvalue weighted by atomic mass is 10.2. The largest absolute Gasteiger partial charge is 0.338 e. The topological polar surface area (TPSA) is 48.5 Å². The second-order valence-electron chi connectivity index (χ2n) is 4.88. The molecule has 3 heterocycles. The molecule has 1 aromatic heterocycles. The van der Waals surface area contributed by atoms with Gasteiger partial charge in [-0.1, -0.05) is 11.6 Å². The fourth-order valence-corrected chi connectivity index (χ4v) is 3.75. The predicted molar refractivity (Wildman–Crippen MR) is 76.9 cm³/mol. The Kier molecular flexibility index (Phi) is 3.91. The third-order valence-electron chi connectivity index (χ3n) is 3.68. The molecule has 0 aromatic carbocycles. The van der Waals surface area contributed by atoms with Gasteiger partial charge in [-0.15, -0.1) is 11.3 Å². The van der Waals surface area contributed by atoms with Crippen LogP contribution >= 0.6 is 22.9 Å². The minimum absolute atomic E-state index is 0.0553. The van der Waals surface area contributed by atoms with Gasteiger partial charge in [-0.3, -0.25) is 4.79 Å². The van der Waals surface area contributed by atoms with Gasteiger partial charge in [0.25, 0.3) is 0 Å². The summed E-state index contributed by atoms with van der Waals surface area (Å²) in [5, 5.41) is 6.48. The number of carbonyl (C=O) groups excluding carboxylic acids is 1. The maximum Gasteiger partial charge on any atom is 0.245 e. The zero-order valence-electron chi connectivity index (χ0n) is 10.6. The first-order chi connectivity index (χ1) is 9.25. The molecular formula is C12H17ClN4OS. The molecular weight excluding hydrogens is 284 g/mol. The molecule has 1 atom stereocenters. The fraction of sp³-hybridized carbons (Fsp3) is 0.667. The molecule has 0 radical (unpaired) electrons. The minimum Gasteiger partial charge on any atom is -0.338 e. The highest BCUT2D eigenvalue weighted by Gasteiger charge is 2.35. The number of halogens is 1. The van der Waals surface area contributed by atoms with Crippen molar-refractivity contribution in [2.24, 2.45) is 0 Å². The number of piperazine rings is 1. The Labute approximate surface area is 121 Å². The number of aromatic nitrogens is 1. The van der Waals surface area contributed by atoms with Crippen molar-refractivity contribution >= 4 is 34.0 Å². The Morgan fingerprint density at radius 2 is 2.21 bits per heavy atom. The first kappa shape index (κ1) is 13.1. The van der Waals surface area contributed by atoms with Crippen LogP contribution in [0.4, 0.5) is 5.13 Å². The third-order valence-corrected chi connectivity index (χ3v) is 4.88. The smallest absolute Gasteiger partial charge is 0.245 e. The van der Waals surface area contributed by atoms with Crippen molar-refractivity contribution in [2.45, 2.75) is 18.9 Å². The van der Waals surface area contributed by atoms with Gasteiger partial charge in [0, 0.05) is 38.1 Å². The molecule has 3 rings (SSSR count). The van der Waals surface area contributed by atoms with E-state index in [0.717, 1.165) is 50.7 Å². The third kappa shape index (κ3) is 2.70. The van der Waals surface area contributed by atoms with E-state index in [1.807, 2.05) is 10.3 Å². The summed E-state index contributed by atoms with van der Waals surface area (Å²) in [6.07, 6.45) is 1.96. The van der Waals surface area contributed by atoms with Gasteiger partial charge in [0.05, 0.1) is 0 Å². The van der Waals surface area contributed by atoms with Gasteiger partial charge >= 0.3 is 0 Å². The molecule has 0 aliphatic carbocycles. The number of carbonyl (C=O) groups is 1. The fourth-order valence-electron chi connectivity index (χ4n) is 2.73. The molecule has 104 valence electrons. The van der Waals surface area contributed by atoms with E-state index in [9.17, 15) is 4.79 Å². The molecule has 1 amide bonds. The van der Waals surface area contributed by atoms with E-state index in [2.05, 4.69) is 15.2 Å². The van der Waals surface area contributed by atoms with E-state index in [1.165, 1.54) is 11.3 Å². The minimum atomic E-state index is -0.0553. The van der Waals surface area contributed by atoms with Gasteiger partial charge in [-0.05, 0) is 12.8 Å². The van der Waals surface area contributed by atoms with Crippen molar-refractivity contribution in [3.8, 4) is 0 Å². The average molecular weight is 301 g/mol. The monoisotopic (exact) mass is 300 g/mol. The van der Waals surface area contributed by atoms with Crippen molar-refractivity contribution in [3.05, 3.63) is 10.5 Å². The van der Waals surface area contributed by atoms with Crippen molar-refractivity contribution in [3.63, 3.8) is 0 Å². The Morgan fingerprint density at radius 1 is 1.42 bits per heavy atom. The summed E-state index contributed by atoms with van der Waals surface area (Å²) in [5.41, 5.74) is 0. The summed E-state index contributed by atoms with van der Waals surface area (Å²) >= 11 is 7.40. The Hall–Kier alpha value is -0.850. The first-order valence-corrected chi connectivity index (χ1v) is 7.88. The maximum absolute atomic E-state index is 12.6. The molecule has 2 aliphatic rings. The maximum atomic E-state index is 12.6. The quantitative estimate of drug-likeness (QED) is 0.891. The van der Waals surface area contributed by atoms with Crippen LogP contribution in [-0.2, 0) is 4.79 Å². The highest BCUT2D eigenvalue weighted by atomic mass is 35.5. The summed E-state index contributed by atoms with van der Waals surface area (Å²) in [7, 11) is 0. The molecule has 2 fully saturated rings. The normalized spacial score (nSPS) is 23.9. The van der Waals surface area contributed by atoms with E-state index in [-0.39, 0.29) is 11.9 Å². The Morgan fingerprint density at radius 3 is 2.89 bits per heavy atom. The van der Waals surface area contributed by atoms with Crippen LogP contribution in [0.5, 0.6) is 0 Å². The van der Waals surface area contributed by atoms with Crippen molar-refractivity contribution < 1.29 is 4.79 Å². The van der Waals surface area contributed by atoms with Crippen molar-refractivity contribution in [1.82, 2.24) is 15.2 Å². The van der Waals surface area contributed by atoms with Gasteiger partial charge in [0.2, 0.25) is 5.91 Å². The molecule has 0 saturated carbocycles. The molecule has 2 aliphatic heterocycles. The van der Waals surface area contributed by atoms with Crippen molar-refractivity contribution in [2.75, 3.05) is 37.6 Å². The molecule has 5 nitrogen and oxygen atoms in total. The Bertz CT molecular complexity index is 460. The van der Waals surface area contributed by atoms with Crippen LogP contribution in [0.25, 0.3) is 0 Å². The molecule has 1 N–H and O–H groups in total. The number of hydrogen-bond acceptors (Lipinski definition) is 5. The first-order valence-electron chi connectivity index (χ1n) is 6.63. The zero-order valence-corrected chi connectivity index (χ0v) is 12.2. The van der Waals surface area contributed by atoms with E-state index in [0.29, 0.717) is 5.15 Å². The van der Waals surface area contributed by atoms with Crippen LogP contribution in [-0.4, -0.2) is 54.6 Å². The molecule has 0 bridgehead atoms. The molecule has 7 heteroatoms. The van der Waals surface area contributed by atoms with Gasteiger partial charge in [0.15, 0.2) is 5.13 Å². The summed E-state index contributed by atoms with van der Waals surface area (Å²) in [6, 6.07) is -0.0553. The predicted octanol–water partition coefficient (Wildman–Crippen LogP) is 1.20. The summed E-state index contributed by atoms with van der Waals surface area (Å²) in [4.78, 5) is 21.0. The SMILES string of the molecule is O=C(C1CCCN1c1nc(Cl)cs1)N1CCNCC1. The van der Waals surface area contributed by atoms with Gasteiger partial charge < -0.3 is 15.1 Å². The Balaban J connectivity index is 1.73. The summed E-state index contributed by atoms with van der Waals surface area (Å²) in [6.45, 7) is 4.29. The number of hydrogen-bond donors (Lipinski definition) is 1. The number of anilines is 1. The molecule has 19 heavy (non-hydrogen) atoms. The standard InChI is InChI=1S/C12H17ClN4OS/c13-10-8-19-12(15-10)17-5-1-2-9(17)11(18)16-6-3-14-4-7-16/h8-9,14H,1-7H2. The highest BCUT2D eigenvalue weighted by Crippen LogP contribution is 2.30. The van der Waals surface area contributed by atoms with Gasteiger partial charge in [0.1, 0.15) is 11.2 Å². The van der Waals surface area contributed by atoms with Gasteiger partial charge in [-0.25, -0.2) is 4.98 Å². The van der Waals surface area contributed by atoms with Crippen molar-refractivity contribution in [1.29, 1.82) is 0 Å². The molecule has 2 saturated heterocycles. The molecule has 0 spiro atoms. The number of thiazole rings is 1. The van der Waals surface area contributed by atoms with Crippen LogP contribution in [0, 0.1) is 0 Å². The summed E-state index contributed by atoms with van der Waals surface area (Å²) < 4.78 is 0. The van der Waals surface area contributed by atoms with Crippen LogP contribution in [0.1, 0.15) is 12.8 Å². The zero-order chi connectivity index (χ0) is 13.2. The lowest BCUT2D eigenvalue weighted by Gasteiger charge is -2.32. The van der Waals surface area contributed by atoms with Crippen LogP contribution in [0.2, 0.25) is 5.15 Å². The van der Waals surface area contributed by atoms with E-state index >= 15 is 0 Å². The lowest BCUT2D eigenvalue weighted by molar-refractivity contribution is -0.132. The van der Waals surface area contributed by atoms with Crippen LogP contribution in [0.15, 0.2) is 5.38 Å². The van der Waals surface area contributed by atoms with E-state index in [1.54, 1.807) is 0 Å². The highest BCUT2D eigenvalue weighted by molar-refractivity contribution is 7.14. The number of nitrogens with one attached hydrogen (secondary N) is 1. The second kappa shape index (κ2) is 5.64.